The van der Waals surface area contributed by atoms with Gasteiger partial charge in [-0.15, -0.1) is 0 Å². The average molecular weight is 394 g/mol. The Morgan fingerprint density at radius 1 is 1.29 bits per heavy atom. The average Bonchev–Trinajstić information content (AvgIpc) is 3.05. The van der Waals surface area contributed by atoms with Crippen LogP contribution in [0, 0.1) is 5.82 Å². The van der Waals surface area contributed by atoms with Crippen LogP contribution in [0.15, 0.2) is 48.2 Å². The molecule has 0 aliphatic rings. The Bertz CT molecular complexity index is 1030. The van der Waals surface area contributed by atoms with Crippen molar-refractivity contribution in [2.75, 3.05) is 12.5 Å². The molecule has 0 saturated carbocycles. The van der Waals surface area contributed by atoms with E-state index in [1.165, 1.54) is 25.9 Å². The number of allylic oxidation sites excluding steroid dienone is 1. The molecule has 3 aromatic rings. The summed E-state index contributed by atoms with van der Waals surface area (Å²) >= 11 is 0. The fraction of sp³-hybridized carbons (Fsp3) is 0.176. The zero-order chi connectivity index (χ0) is 20.1. The molecule has 0 saturated heterocycles. The summed E-state index contributed by atoms with van der Waals surface area (Å²) in [4.78, 5) is 8.21. The van der Waals surface area contributed by atoms with Gasteiger partial charge in [-0.3, -0.25) is 5.43 Å². The van der Waals surface area contributed by atoms with Crippen molar-refractivity contribution in [1.82, 2.24) is 19.7 Å². The number of benzene rings is 1. The topological polar surface area (TPSA) is 77.2 Å². The maximum Gasteiger partial charge on any atom is 0.419 e. The number of methoxy groups -OCH3 is 1. The quantitative estimate of drug-likeness (QED) is 0.299. The predicted octanol–water partition coefficient (Wildman–Crippen LogP) is 3.59. The first-order valence-corrected chi connectivity index (χ1v) is 7.90. The van der Waals surface area contributed by atoms with Gasteiger partial charge in [0.2, 0.25) is 0 Å². The van der Waals surface area contributed by atoms with Crippen LogP contribution in [0.4, 0.5) is 23.4 Å². The van der Waals surface area contributed by atoms with Crippen LogP contribution in [-0.4, -0.2) is 33.1 Å². The minimum absolute atomic E-state index is 0.156. The highest BCUT2D eigenvalue weighted by molar-refractivity contribution is 5.87. The molecule has 3 rings (SSSR count). The summed E-state index contributed by atoms with van der Waals surface area (Å²) in [5.41, 5.74) is 2.04. The Hall–Kier alpha value is -3.50. The number of nitrogens with zero attached hydrogens (tertiary/aromatic N) is 5. The molecule has 0 atom stereocenters. The first kappa shape index (κ1) is 19.3. The number of hydrogen-bond acceptors (Lipinski definition) is 6. The molecular formula is C17H14F4N6O. The molecule has 1 aromatic carbocycles. The molecule has 0 radical (unpaired) electrons. The SMILES string of the molecule is CO/C=C/Cn1ncc2c(N/N=C/c3ccc(C(F)(F)F)c(F)c3)ncnc21. The van der Waals surface area contributed by atoms with E-state index in [1.54, 1.807) is 17.0 Å². The standard InChI is InChI=1S/C17H14F4N6O/c1-28-6-2-5-27-16-12(9-25-27)15(22-10-23-16)26-24-8-11-3-4-13(14(18)7-11)17(19,20)21/h2-4,6-10H,5H2,1H3,(H,22,23,26)/b6-2+,24-8+. The van der Waals surface area contributed by atoms with Gasteiger partial charge in [-0.05, 0) is 23.8 Å². The maximum absolute atomic E-state index is 13.6. The number of aromatic nitrogens is 4. The van der Waals surface area contributed by atoms with E-state index < -0.39 is 17.6 Å². The zero-order valence-electron chi connectivity index (χ0n) is 14.5. The minimum atomic E-state index is -4.75. The molecule has 0 bridgehead atoms. The lowest BCUT2D eigenvalue weighted by atomic mass is 10.1. The van der Waals surface area contributed by atoms with Gasteiger partial charge in [0.05, 0.1) is 43.3 Å². The van der Waals surface area contributed by atoms with Gasteiger partial charge in [0.15, 0.2) is 11.5 Å². The number of hydrogen-bond donors (Lipinski definition) is 1. The molecule has 0 aliphatic heterocycles. The van der Waals surface area contributed by atoms with Crippen molar-refractivity contribution >= 4 is 23.1 Å². The molecule has 146 valence electrons. The monoisotopic (exact) mass is 394 g/mol. The van der Waals surface area contributed by atoms with E-state index in [-0.39, 0.29) is 5.56 Å². The third-order valence-corrected chi connectivity index (χ3v) is 3.63. The molecule has 0 aliphatic carbocycles. The summed E-state index contributed by atoms with van der Waals surface area (Å²) in [7, 11) is 1.53. The smallest absolute Gasteiger partial charge is 0.419 e. The summed E-state index contributed by atoms with van der Waals surface area (Å²) in [6.45, 7) is 0.432. The Morgan fingerprint density at radius 2 is 2.11 bits per heavy atom. The Balaban J connectivity index is 1.77. The van der Waals surface area contributed by atoms with Crippen LogP contribution in [0.1, 0.15) is 11.1 Å². The van der Waals surface area contributed by atoms with E-state index in [0.717, 1.165) is 12.1 Å². The number of ether oxygens (including phenoxy) is 1. The lowest BCUT2D eigenvalue weighted by molar-refractivity contribution is -0.140. The molecule has 2 heterocycles. The van der Waals surface area contributed by atoms with Gasteiger partial charge in [-0.25, -0.2) is 19.0 Å². The Kier molecular flexibility index (Phi) is 5.52. The van der Waals surface area contributed by atoms with Gasteiger partial charge >= 0.3 is 6.18 Å². The van der Waals surface area contributed by atoms with Gasteiger partial charge in [0.1, 0.15) is 12.1 Å². The van der Waals surface area contributed by atoms with Crippen LogP contribution in [0.25, 0.3) is 11.0 Å². The van der Waals surface area contributed by atoms with Gasteiger partial charge in [-0.1, -0.05) is 6.07 Å². The van der Waals surface area contributed by atoms with Crippen LogP contribution in [0.5, 0.6) is 0 Å². The van der Waals surface area contributed by atoms with Crippen molar-refractivity contribution in [2.24, 2.45) is 5.10 Å². The molecule has 28 heavy (non-hydrogen) atoms. The van der Waals surface area contributed by atoms with Crippen LogP contribution in [0.3, 0.4) is 0 Å². The minimum Gasteiger partial charge on any atom is -0.505 e. The summed E-state index contributed by atoms with van der Waals surface area (Å²) in [5, 5.41) is 8.68. The zero-order valence-corrected chi connectivity index (χ0v) is 14.5. The maximum atomic E-state index is 13.6. The number of halogens is 4. The molecule has 0 fully saturated rings. The van der Waals surface area contributed by atoms with E-state index in [1.807, 2.05) is 0 Å². The Labute approximate surface area is 156 Å². The number of hydrazone groups is 1. The van der Waals surface area contributed by atoms with E-state index in [2.05, 4.69) is 25.6 Å². The van der Waals surface area contributed by atoms with E-state index in [0.29, 0.717) is 29.5 Å². The molecule has 11 heteroatoms. The van der Waals surface area contributed by atoms with Crippen molar-refractivity contribution in [3.05, 3.63) is 60.0 Å². The highest BCUT2D eigenvalue weighted by Crippen LogP contribution is 2.31. The molecule has 0 unspecified atom stereocenters. The highest BCUT2D eigenvalue weighted by atomic mass is 19.4. The van der Waals surface area contributed by atoms with Crippen molar-refractivity contribution in [3.63, 3.8) is 0 Å². The van der Waals surface area contributed by atoms with Gasteiger partial charge in [0.25, 0.3) is 0 Å². The summed E-state index contributed by atoms with van der Waals surface area (Å²) in [6, 6.07) is 2.54. The molecule has 2 aromatic heterocycles. The summed E-state index contributed by atoms with van der Waals surface area (Å²) < 4.78 is 57.8. The van der Waals surface area contributed by atoms with Gasteiger partial charge in [0, 0.05) is 0 Å². The molecule has 0 spiro atoms. The van der Waals surface area contributed by atoms with Crippen LogP contribution in [-0.2, 0) is 17.5 Å². The molecule has 0 amide bonds. The molecule has 7 nitrogen and oxygen atoms in total. The second kappa shape index (κ2) is 8.03. The lowest BCUT2D eigenvalue weighted by Gasteiger charge is -2.07. The van der Waals surface area contributed by atoms with E-state index in [4.69, 9.17) is 4.74 Å². The van der Waals surface area contributed by atoms with Crippen LogP contribution in [0.2, 0.25) is 0 Å². The summed E-state index contributed by atoms with van der Waals surface area (Å²) in [6.07, 6.45) is 2.56. The third kappa shape index (κ3) is 4.24. The third-order valence-electron chi connectivity index (χ3n) is 3.63. The normalized spacial score (nSPS) is 12.3. The van der Waals surface area contributed by atoms with Crippen molar-refractivity contribution < 1.29 is 22.3 Å². The highest BCUT2D eigenvalue weighted by Gasteiger charge is 2.33. The second-order valence-electron chi connectivity index (χ2n) is 5.50. The fourth-order valence-corrected chi connectivity index (χ4v) is 2.36. The van der Waals surface area contributed by atoms with Crippen LogP contribution >= 0.6 is 0 Å². The van der Waals surface area contributed by atoms with E-state index >= 15 is 0 Å². The Morgan fingerprint density at radius 3 is 2.82 bits per heavy atom. The summed E-state index contributed by atoms with van der Waals surface area (Å²) in [5.74, 6) is -1.03. The first-order valence-electron chi connectivity index (χ1n) is 7.90. The second-order valence-corrected chi connectivity index (χ2v) is 5.50. The van der Waals surface area contributed by atoms with Crippen molar-refractivity contribution in [3.8, 4) is 0 Å². The number of rotatable bonds is 6. The van der Waals surface area contributed by atoms with E-state index in [9.17, 15) is 17.6 Å². The van der Waals surface area contributed by atoms with Crippen molar-refractivity contribution in [1.29, 1.82) is 0 Å². The van der Waals surface area contributed by atoms with Crippen molar-refractivity contribution in [2.45, 2.75) is 12.7 Å². The van der Waals surface area contributed by atoms with Crippen LogP contribution < -0.4 is 5.43 Å². The van der Waals surface area contributed by atoms with Gasteiger partial charge in [-0.2, -0.15) is 23.4 Å². The largest absolute Gasteiger partial charge is 0.505 e. The number of anilines is 1. The molecular weight excluding hydrogens is 380 g/mol. The first-order chi connectivity index (χ1) is 13.4. The number of fused-ring (bicyclic) bond motifs is 1. The number of nitrogens with one attached hydrogen (secondary N) is 1. The molecule has 1 N–H and O–H groups in total. The lowest BCUT2D eigenvalue weighted by Crippen LogP contribution is -2.08. The number of alkyl halides is 3. The predicted molar refractivity (Wildman–Crippen MR) is 94.1 cm³/mol. The fourth-order valence-electron chi connectivity index (χ4n) is 2.36. The van der Waals surface area contributed by atoms with Gasteiger partial charge < -0.3 is 4.74 Å².